The van der Waals surface area contributed by atoms with Gasteiger partial charge in [-0.1, -0.05) is 25.1 Å². The molecule has 0 bridgehead atoms. The maximum absolute atomic E-state index is 13.2. The minimum absolute atomic E-state index is 0.0328. The van der Waals surface area contributed by atoms with Gasteiger partial charge in [0.2, 0.25) is 5.91 Å². The third-order valence-electron chi connectivity index (χ3n) is 4.74. The minimum Gasteiger partial charge on any atom is -0.342 e. The number of carbonyl (C=O) groups is 1. The molecule has 0 aliphatic carbocycles. The first kappa shape index (κ1) is 17.5. The van der Waals surface area contributed by atoms with Gasteiger partial charge in [-0.05, 0) is 61.7 Å². The van der Waals surface area contributed by atoms with Gasteiger partial charge in [0.1, 0.15) is 5.82 Å². The zero-order chi connectivity index (χ0) is 17.6. The fourth-order valence-corrected chi connectivity index (χ4v) is 3.16. The maximum atomic E-state index is 13.2. The van der Waals surface area contributed by atoms with Gasteiger partial charge in [-0.3, -0.25) is 14.7 Å². The fraction of sp³-hybridized carbons (Fsp3) is 0.400. The standard InChI is InChI=1S/C20H24FN3O/c1-15-9-12-24(13-10-15)14-19(25)23-20(18-4-2-3-11-22-18)16-5-7-17(21)8-6-16/h2-8,11,15,20H,9-10,12-14H2,1H3,(H,23,25). The van der Waals surface area contributed by atoms with Crippen LogP contribution >= 0.6 is 0 Å². The lowest BCUT2D eigenvalue weighted by Crippen LogP contribution is -2.42. The van der Waals surface area contributed by atoms with E-state index in [4.69, 9.17) is 0 Å². The van der Waals surface area contributed by atoms with Gasteiger partial charge in [0, 0.05) is 6.20 Å². The molecule has 0 saturated carbocycles. The second-order valence-electron chi connectivity index (χ2n) is 6.77. The molecular weight excluding hydrogens is 317 g/mol. The van der Waals surface area contributed by atoms with Crippen LogP contribution < -0.4 is 5.32 Å². The summed E-state index contributed by atoms with van der Waals surface area (Å²) in [5.41, 5.74) is 1.57. The van der Waals surface area contributed by atoms with Crippen molar-refractivity contribution in [3.05, 3.63) is 65.7 Å². The van der Waals surface area contributed by atoms with E-state index < -0.39 is 0 Å². The number of amides is 1. The number of hydrogen-bond donors (Lipinski definition) is 1. The SMILES string of the molecule is CC1CCN(CC(=O)NC(c2ccc(F)cc2)c2ccccn2)CC1. The van der Waals surface area contributed by atoms with Crippen LogP contribution in [0.1, 0.15) is 37.1 Å². The first-order chi connectivity index (χ1) is 12.1. The quantitative estimate of drug-likeness (QED) is 0.909. The van der Waals surface area contributed by atoms with Crippen LogP contribution in [-0.2, 0) is 4.79 Å². The van der Waals surface area contributed by atoms with Crippen molar-refractivity contribution in [2.75, 3.05) is 19.6 Å². The Bertz CT molecular complexity index is 682. The molecule has 0 spiro atoms. The lowest BCUT2D eigenvalue weighted by Gasteiger charge is -2.30. The highest BCUT2D eigenvalue weighted by atomic mass is 19.1. The molecule has 4 nitrogen and oxygen atoms in total. The van der Waals surface area contributed by atoms with Crippen molar-refractivity contribution in [1.29, 1.82) is 0 Å². The van der Waals surface area contributed by atoms with E-state index in [0.717, 1.165) is 43.1 Å². The molecule has 1 fully saturated rings. The Kier molecular flexibility index (Phi) is 5.76. The Morgan fingerprint density at radius 2 is 1.96 bits per heavy atom. The highest BCUT2D eigenvalue weighted by Gasteiger charge is 2.22. The fourth-order valence-electron chi connectivity index (χ4n) is 3.16. The van der Waals surface area contributed by atoms with Crippen molar-refractivity contribution in [3.63, 3.8) is 0 Å². The molecule has 2 aromatic rings. The first-order valence-electron chi connectivity index (χ1n) is 8.80. The average Bonchev–Trinajstić information content (AvgIpc) is 2.63. The number of benzene rings is 1. The Balaban J connectivity index is 1.71. The van der Waals surface area contributed by atoms with E-state index in [1.54, 1.807) is 18.3 Å². The third-order valence-corrected chi connectivity index (χ3v) is 4.74. The molecule has 1 unspecified atom stereocenters. The number of rotatable bonds is 5. The molecule has 1 aliphatic heterocycles. The van der Waals surface area contributed by atoms with E-state index in [-0.39, 0.29) is 17.8 Å². The molecule has 25 heavy (non-hydrogen) atoms. The lowest BCUT2D eigenvalue weighted by molar-refractivity contribution is -0.123. The van der Waals surface area contributed by atoms with Gasteiger partial charge in [0.05, 0.1) is 18.3 Å². The van der Waals surface area contributed by atoms with Crippen molar-refractivity contribution in [2.24, 2.45) is 5.92 Å². The number of halogens is 1. The molecule has 1 saturated heterocycles. The summed E-state index contributed by atoms with van der Waals surface area (Å²) < 4.78 is 13.2. The molecule has 1 aromatic carbocycles. The van der Waals surface area contributed by atoms with Gasteiger partial charge in [0.15, 0.2) is 0 Å². The number of pyridine rings is 1. The third kappa shape index (κ3) is 4.86. The Hall–Kier alpha value is -2.27. The number of piperidine rings is 1. The summed E-state index contributed by atoms with van der Waals surface area (Å²) in [6, 6.07) is 11.4. The summed E-state index contributed by atoms with van der Waals surface area (Å²) in [5.74, 6) is 0.409. The van der Waals surface area contributed by atoms with Crippen LogP contribution in [0.25, 0.3) is 0 Å². The number of nitrogens with zero attached hydrogens (tertiary/aromatic N) is 2. The molecule has 3 rings (SSSR count). The van der Waals surface area contributed by atoms with Gasteiger partial charge in [-0.15, -0.1) is 0 Å². The molecule has 1 N–H and O–H groups in total. The van der Waals surface area contributed by atoms with Crippen molar-refractivity contribution < 1.29 is 9.18 Å². The predicted molar refractivity (Wildman–Crippen MR) is 95.5 cm³/mol. The Morgan fingerprint density at radius 1 is 1.24 bits per heavy atom. The Labute approximate surface area is 148 Å². The second-order valence-corrected chi connectivity index (χ2v) is 6.77. The van der Waals surface area contributed by atoms with Crippen LogP contribution in [0.15, 0.2) is 48.7 Å². The minimum atomic E-state index is -0.377. The van der Waals surface area contributed by atoms with Crippen molar-refractivity contribution in [1.82, 2.24) is 15.2 Å². The number of carbonyl (C=O) groups excluding carboxylic acids is 1. The van der Waals surface area contributed by atoms with E-state index in [0.29, 0.717) is 6.54 Å². The van der Waals surface area contributed by atoms with Crippen LogP contribution in [0.3, 0.4) is 0 Å². The van der Waals surface area contributed by atoms with Crippen molar-refractivity contribution in [3.8, 4) is 0 Å². The smallest absolute Gasteiger partial charge is 0.234 e. The van der Waals surface area contributed by atoms with E-state index in [1.807, 2.05) is 18.2 Å². The number of likely N-dealkylation sites (tertiary alicyclic amines) is 1. The van der Waals surface area contributed by atoms with Gasteiger partial charge >= 0.3 is 0 Å². The topological polar surface area (TPSA) is 45.2 Å². The molecule has 5 heteroatoms. The molecule has 1 atom stereocenters. The maximum Gasteiger partial charge on any atom is 0.234 e. The summed E-state index contributed by atoms with van der Waals surface area (Å²) in [5, 5.41) is 3.06. The van der Waals surface area contributed by atoms with E-state index in [9.17, 15) is 9.18 Å². The number of aromatic nitrogens is 1. The van der Waals surface area contributed by atoms with E-state index in [2.05, 4.69) is 22.1 Å². The highest BCUT2D eigenvalue weighted by molar-refractivity contribution is 5.79. The molecule has 1 aliphatic rings. The number of hydrogen-bond acceptors (Lipinski definition) is 3. The lowest BCUT2D eigenvalue weighted by atomic mass is 9.99. The molecule has 0 radical (unpaired) electrons. The van der Waals surface area contributed by atoms with Crippen molar-refractivity contribution >= 4 is 5.91 Å². The summed E-state index contributed by atoms with van der Waals surface area (Å²) in [7, 11) is 0. The normalized spacial score (nSPS) is 17.2. The largest absolute Gasteiger partial charge is 0.342 e. The molecular formula is C20H24FN3O. The highest BCUT2D eigenvalue weighted by Crippen LogP contribution is 2.21. The summed E-state index contributed by atoms with van der Waals surface area (Å²) in [6.45, 7) is 4.55. The van der Waals surface area contributed by atoms with Crippen LogP contribution in [-0.4, -0.2) is 35.4 Å². The van der Waals surface area contributed by atoms with Crippen LogP contribution in [0.5, 0.6) is 0 Å². The summed E-state index contributed by atoms with van der Waals surface area (Å²) in [4.78, 5) is 19.1. The molecule has 132 valence electrons. The zero-order valence-corrected chi connectivity index (χ0v) is 14.5. The zero-order valence-electron chi connectivity index (χ0n) is 14.5. The predicted octanol–water partition coefficient (Wildman–Crippen LogP) is 3.16. The molecule has 1 aromatic heterocycles. The van der Waals surface area contributed by atoms with Gasteiger partial charge in [-0.25, -0.2) is 4.39 Å². The Morgan fingerprint density at radius 3 is 2.60 bits per heavy atom. The van der Waals surface area contributed by atoms with Gasteiger partial charge < -0.3 is 5.32 Å². The van der Waals surface area contributed by atoms with Crippen LogP contribution in [0.4, 0.5) is 4.39 Å². The van der Waals surface area contributed by atoms with E-state index >= 15 is 0 Å². The van der Waals surface area contributed by atoms with Gasteiger partial charge in [-0.2, -0.15) is 0 Å². The molecule has 1 amide bonds. The second kappa shape index (κ2) is 8.21. The van der Waals surface area contributed by atoms with Crippen molar-refractivity contribution in [2.45, 2.75) is 25.8 Å². The summed E-state index contributed by atoms with van der Waals surface area (Å²) in [6.07, 6.45) is 3.97. The number of nitrogens with one attached hydrogen (secondary N) is 1. The van der Waals surface area contributed by atoms with Crippen LogP contribution in [0, 0.1) is 11.7 Å². The van der Waals surface area contributed by atoms with Crippen LogP contribution in [0.2, 0.25) is 0 Å². The molecule has 2 heterocycles. The van der Waals surface area contributed by atoms with E-state index in [1.165, 1.54) is 12.1 Å². The first-order valence-corrected chi connectivity index (χ1v) is 8.80. The average molecular weight is 341 g/mol. The monoisotopic (exact) mass is 341 g/mol. The van der Waals surface area contributed by atoms with Gasteiger partial charge in [0.25, 0.3) is 0 Å². The summed E-state index contributed by atoms with van der Waals surface area (Å²) >= 11 is 0.